The van der Waals surface area contributed by atoms with Gasteiger partial charge >= 0.3 is 0 Å². The predicted molar refractivity (Wildman–Crippen MR) is 142 cm³/mol. The fraction of sp³-hybridized carbons (Fsp3) is 0.276. The van der Waals surface area contributed by atoms with Crippen LogP contribution in [0.25, 0.3) is 11.1 Å². The number of nitrogens with zero attached hydrogens (tertiary/aromatic N) is 3. The molecule has 0 unspecified atom stereocenters. The number of ether oxygens (including phenoxy) is 2. The van der Waals surface area contributed by atoms with Crippen LogP contribution in [0.5, 0.6) is 5.75 Å². The van der Waals surface area contributed by atoms with Gasteiger partial charge in [0.05, 0.1) is 12.4 Å². The van der Waals surface area contributed by atoms with Crippen molar-refractivity contribution in [3.8, 4) is 16.9 Å². The van der Waals surface area contributed by atoms with Crippen LogP contribution in [0.2, 0.25) is 0 Å². The van der Waals surface area contributed by atoms with Crippen molar-refractivity contribution in [2.24, 2.45) is 0 Å². The molecule has 1 aliphatic rings. The molecule has 3 aromatic carbocycles. The van der Waals surface area contributed by atoms with Gasteiger partial charge in [-0.1, -0.05) is 72.4 Å². The molecule has 5 rings (SSSR count). The maximum Gasteiger partial charge on any atom is 0.191 e. The minimum atomic E-state index is 0.102. The smallest absolute Gasteiger partial charge is 0.191 e. The second-order valence-electron chi connectivity index (χ2n) is 8.74. The molecule has 0 fully saturated rings. The number of Topliss-reactive ketones (excluding diaryl/α,β-unsaturated/α-hetero) is 1. The third-order valence-electron chi connectivity index (χ3n) is 6.39. The molecule has 0 aliphatic heterocycles. The summed E-state index contributed by atoms with van der Waals surface area (Å²) < 4.78 is 13.5. The Hall–Kier alpha value is -3.42. The van der Waals surface area contributed by atoms with Gasteiger partial charge in [-0.3, -0.25) is 4.79 Å². The third kappa shape index (κ3) is 5.53. The summed E-state index contributed by atoms with van der Waals surface area (Å²) in [5.41, 5.74) is 5.57. The summed E-state index contributed by atoms with van der Waals surface area (Å²) in [6.45, 7) is 1.36. The molecule has 0 atom stereocenters. The van der Waals surface area contributed by atoms with Gasteiger partial charge in [0.15, 0.2) is 16.8 Å². The van der Waals surface area contributed by atoms with Crippen molar-refractivity contribution in [3.63, 3.8) is 0 Å². The lowest BCUT2D eigenvalue weighted by Crippen LogP contribution is -2.13. The molecule has 0 saturated carbocycles. The summed E-state index contributed by atoms with van der Waals surface area (Å²) in [6.07, 6.45) is 3.35. The van der Waals surface area contributed by atoms with Crippen molar-refractivity contribution >= 4 is 17.5 Å². The lowest BCUT2D eigenvalue weighted by atomic mass is 10.0. The van der Waals surface area contributed by atoms with Crippen LogP contribution < -0.4 is 4.74 Å². The lowest BCUT2D eigenvalue weighted by Gasteiger charge is -2.13. The molecule has 0 N–H and O–H groups in total. The fourth-order valence-corrected chi connectivity index (χ4v) is 5.37. The van der Waals surface area contributed by atoms with E-state index in [0.717, 1.165) is 35.3 Å². The Bertz CT molecular complexity index is 1340. The van der Waals surface area contributed by atoms with Crippen molar-refractivity contribution in [1.82, 2.24) is 14.8 Å². The number of methoxy groups -OCH3 is 1. The number of para-hydroxylation sites is 1. The average molecular weight is 500 g/mol. The SMILES string of the molecule is COCCn1c(COc2ccccc2-c2ccccc2)nnc1SCC(=O)c1ccc2c(c1)CCC2. The summed E-state index contributed by atoms with van der Waals surface area (Å²) >= 11 is 1.40. The van der Waals surface area contributed by atoms with E-state index in [2.05, 4.69) is 34.5 Å². The van der Waals surface area contributed by atoms with Crippen LogP contribution in [0, 0.1) is 0 Å². The van der Waals surface area contributed by atoms with E-state index in [1.807, 2.05) is 53.1 Å². The molecule has 4 aromatic rings. The van der Waals surface area contributed by atoms with E-state index < -0.39 is 0 Å². The molecule has 1 aromatic heterocycles. The summed E-state index contributed by atoms with van der Waals surface area (Å²) in [4.78, 5) is 12.9. The maximum atomic E-state index is 12.9. The van der Waals surface area contributed by atoms with Gasteiger partial charge in [-0.15, -0.1) is 10.2 Å². The van der Waals surface area contributed by atoms with Gasteiger partial charge in [0.1, 0.15) is 12.4 Å². The molecular weight excluding hydrogens is 470 g/mol. The van der Waals surface area contributed by atoms with E-state index in [0.29, 0.717) is 29.9 Å². The van der Waals surface area contributed by atoms with Crippen LogP contribution >= 0.6 is 11.8 Å². The molecular formula is C29H29N3O3S. The highest BCUT2D eigenvalue weighted by Crippen LogP contribution is 2.30. The molecule has 0 saturated heterocycles. The zero-order chi connectivity index (χ0) is 24.7. The molecule has 6 nitrogen and oxygen atoms in total. The molecule has 36 heavy (non-hydrogen) atoms. The molecule has 1 aliphatic carbocycles. The highest BCUT2D eigenvalue weighted by Gasteiger charge is 2.18. The fourth-order valence-electron chi connectivity index (χ4n) is 4.49. The van der Waals surface area contributed by atoms with Crippen molar-refractivity contribution in [3.05, 3.63) is 95.3 Å². The van der Waals surface area contributed by atoms with Gasteiger partial charge < -0.3 is 14.0 Å². The van der Waals surface area contributed by atoms with Gasteiger partial charge in [0.2, 0.25) is 0 Å². The lowest BCUT2D eigenvalue weighted by molar-refractivity contribution is 0.102. The van der Waals surface area contributed by atoms with Gasteiger partial charge in [-0.25, -0.2) is 0 Å². The van der Waals surface area contributed by atoms with Crippen LogP contribution in [0.15, 0.2) is 78.0 Å². The topological polar surface area (TPSA) is 66.2 Å². The van der Waals surface area contributed by atoms with Crippen LogP contribution in [-0.2, 0) is 30.7 Å². The molecule has 0 amide bonds. The number of hydrogen-bond donors (Lipinski definition) is 0. The molecule has 0 radical (unpaired) electrons. The number of aryl methyl sites for hydroxylation is 2. The van der Waals surface area contributed by atoms with E-state index in [4.69, 9.17) is 9.47 Å². The predicted octanol–water partition coefficient (Wildman–Crippen LogP) is 5.63. The zero-order valence-corrected chi connectivity index (χ0v) is 21.2. The van der Waals surface area contributed by atoms with Gasteiger partial charge in [-0.05, 0) is 48.1 Å². The monoisotopic (exact) mass is 499 g/mol. The first-order chi connectivity index (χ1) is 17.7. The Morgan fingerprint density at radius 1 is 0.972 bits per heavy atom. The minimum Gasteiger partial charge on any atom is -0.485 e. The minimum absolute atomic E-state index is 0.102. The summed E-state index contributed by atoms with van der Waals surface area (Å²) in [7, 11) is 1.67. The van der Waals surface area contributed by atoms with E-state index in [1.54, 1.807) is 7.11 Å². The van der Waals surface area contributed by atoms with E-state index in [-0.39, 0.29) is 12.4 Å². The molecule has 0 bridgehead atoms. The first-order valence-electron chi connectivity index (χ1n) is 12.2. The Morgan fingerprint density at radius 3 is 2.64 bits per heavy atom. The van der Waals surface area contributed by atoms with Crippen LogP contribution in [0.4, 0.5) is 0 Å². The molecule has 0 spiro atoms. The first-order valence-corrected chi connectivity index (χ1v) is 13.2. The van der Waals surface area contributed by atoms with E-state index in [1.165, 1.54) is 29.3 Å². The number of benzene rings is 3. The summed E-state index contributed by atoms with van der Waals surface area (Å²) in [5, 5.41) is 9.45. The summed E-state index contributed by atoms with van der Waals surface area (Å²) in [6, 6.07) is 24.2. The summed E-state index contributed by atoms with van der Waals surface area (Å²) in [5.74, 6) is 1.89. The number of thioether (sulfide) groups is 1. The Kier molecular flexibility index (Phi) is 7.79. The standard InChI is InChI=1S/C29H29N3O3S/c1-34-17-16-32-28(19-35-27-13-6-5-12-25(27)22-8-3-2-4-9-22)30-31-29(32)36-20-26(33)24-15-14-21-10-7-11-23(21)18-24/h2-6,8-9,12-15,18H,7,10-11,16-17,19-20H2,1H3. The van der Waals surface area contributed by atoms with Crippen LogP contribution in [0.3, 0.4) is 0 Å². The first kappa shape index (κ1) is 24.3. The highest BCUT2D eigenvalue weighted by molar-refractivity contribution is 7.99. The molecule has 184 valence electrons. The number of ketones is 1. The van der Waals surface area contributed by atoms with Crippen molar-refractivity contribution in [2.45, 2.75) is 37.6 Å². The van der Waals surface area contributed by atoms with Gasteiger partial charge in [0.25, 0.3) is 0 Å². The number of rotatable bonds is 11. The maximum absolute atomic E-state index is 12.9. The van der Waals surface area contributed by atoms with Crippen LogP contribution in [0.1, 0.15) is 33.7 Å². The second kappa shape index (κ2) is 11.5. The van der Waals surface area contributed by atoms with Crippen LogP contribution in [-0.4, -0.2) is 40.0 Å². The Balaban J connectivity index is 1.29. The number of hydrogen-bond acceptors (Lipinski definition) is 6. The van der Waals surface area contributed by atoms with E-state index >= 15 is 0 Å². The van der Waals surface area contributed by atoms with Crippen molar-refractivity contribution < 1.29 is 14.3 Å². The third-order valence-corrected chi connectivity index (χ3v) is 7.36. The largest absolute Gasteiger partial charge is 0.485 e. The second-order valence-corrected chi connectivity index (χ2v) is 9.69. The number of carbonyl (C=O) groups is 1. The normalized spacial score (nSPS) is 12.5. The van der Waals surface area contributed by atoms with Crippen molar-refractivity contribution in [1.29, 1.82) is 0 Å². The zero-order valence-electron chi connectivity index (χ0n) is 20.4. The average Bonchev–Trinajstić information content (AvgIpc) is 3.56. The number of fused-ring (bicyclic) bond motifs is 1. The van der Waals surface area contributed by atoms with Gasteiger partial charge in [0, 0.05) is 24.8 Å². The Morgan fingerprint density at radius 2 is 1.78 bits per heavy atom. The highest BCUT2D eigenvalue weighted by atomic mass is 32.2. The quantitative estimate of drug-likeness (QED) is 0.197. The number of aromatic nitrogens is 3. The molecule has 1 heterocycles. The Labute approximate surface area is 215 Å². The van der Waals surface area contributed by atoms with Gasteiger partial charge in [-0.2, -0.15) is 0 Å². The van der Waals surface area contributed by atoms with E-state index in [9.17, 15) is 4.79 Å². The number of carbonyl (C=O) groups excluding carboxylic acids is 1. The molecule has 7 heteroatoms. The van der Waals surface area contributed by atoms with Crippen molar-refractivity contribution in [2.75, 3.05) is 19.5 Å².